The van der Waals surface area contributed by atoms with Gasteiger partial charge in [-0.3, -0.25) is 4.79 Å². The summed E-state index contributed by atoms with van der Waals surface area (Å²) in [5.74, 6) is 0.192. The second-order valence-electron chi connectivity index (χ2n) is 3.77. The minimum atomic E-state index is 0.170. The standard InChI is InChI=1S/C10H13BrN2OS/c11-9-2-1-8(15-9)5-10(14)13-4-3-7(12)6-13/h1-2,7H,3-6,12H2/t7-/m0/s1. The highest BCUT2D eigenvalue weighted by Crippen LogP contribution is 2.23. The topological polar surface area (TPSA) is 46.3 Å². The molecule has 0 spiro atoms. The van der Waals surface area contributed by atoms with E-state index in [-0.39, 0.29) is 11.9 Å². The van der Waals surface area contributed by atoms with Crippen LogP contribution in [0.15, 0.2) is 15.9 Å². The number of nitrogens with two attached hydrogens (primary N) is 1. The molecule has 1 aromatic rings. The highest BCUT2D eigenvalue weighted by atomic mass is 79.9. The van der Waals surface area contributed by atoms with E-state index in [1.54, 1.807) is 11.3 Å². The maximum atomic E-state index is 11.8. The summed E-state index contributed by atoms with van der Waals surface area (Å²) in [6.07, 6.45) is 1.43. The molecule has 1 aliphatic rings. The third-order valence-corrected chi connectivity index (χ3v) is 4.16. The van der Waals surface area contributed by atoms with E-state index in [1.165, 1.54) is 0 Å². The van der Waals surface area contributed by atoms with Gasteiger partial charge in [-0.1, -0.05) is 0 Å². The Bertz CT molecular complexity index is 366. The van der Waals surface area contributed by atoms with E-state index < -0.39 is 0 Å². The Hall–Kier alpha value is -0.390. The van der Waals surface area contributed by atoms with E-state index in [0.717, 1.165) is 21.6 Å². The van der Waals surface area contributed by atoms with Crippen LogP contribution in [-0.4, -0.2) is 29.9 Å². The first-order valence-corrected chi connectivity index (χ1v) is 6.53. The monoisotopic (exact) mass is 288 g/mol. The van der Waals surface area contributed by atoms with Gasteiger partial charge in [-0.05, 0) is 34.5 Å². The number of rotatable bonds is 2. The van der Waals surface area contributed by atoms with Crippen molar-refractivity contribution in [1.29, 1.82) is 0 Å². The molecule has 15 heavy (non-hydrogen) atoms. The molecule has 1 aliphatic heterocycles. The second-order valence-corrected chi connectivity index (χ2v) is 6.32. The average molecular weight is 289 g/mol. The lowest BCUT2D eigenvalue weighted by molar-refractivity contribution is -0.129. The number of thiophene rings is 1. The number of carbonyl (C=O) groups excluding carboxylic acids is 1. The minimum absolute atomic E-state index is 0.170. The fraction of sp³-hybridized carbons (Fsp3) is 0.500. The van der Waals surface area contributed by atoms with Crippen molar-refractivity contribution in [2.24, 2.45) is 5.73 Å². The number of likely N-dealkylation sites (tertiary alicyclic amines) is 1. The van der Waals surface area contributed by atoms with Crippen molar-refractivity contribution in [2.45, 2.75) is 18.9 Å². The van der Waals surface area contributed by atoms with Crippen LogP contribution in [0.5, 0.6) is 0 Å². The van der Waals surface area contributed by atoms with E-state index >= 15 is 0 Å². The molecule has 0 aliphatic carbocycles. The van der Waals surface area contributed by atoms with Gasteiger partial charge in [0.1, 0.15) is 0 Å². The van der Waals surface area contributed by atoms with Crippen LogP contribution >= 0.6 is 27.3 Å². The molecular weight excluding hydrogens is 276 g/mol. The molecule has 2 rings (SSSR count). The lowest BCUT2D eigenvalue weighted by Gasteiger charge is -2.14. The predicted molar refractivity (Wildman–Crippen MR) is 64.9 cm³/mol. The van der Waals surface area contributed by atoms with Gasteiger partial charge < -0.3 is 10.6 Å². The summed E-state index contributed by atoms with van der Waals surface area (Å²) in [6.45, 7) is 1.53. The van der Waals surface area contributed by atoms with Crippen LogP contribution in [0.25, 0.3) is 0 Å². The number of amides is 1. The van der Waals surface area contributed by atoms with Gasteiger partial charge in [-0.2, -0.15) is 0 Å². The molecule has 0 saturated carbocycles. The number of nitrogens with zero attached hydrogens (tertiary/aromatic N) is 1. The molecule has 0 unspecified atom stereocenters. The second kappa shape index (κ2) is 4.63. The zero-order valence-electron chi connectivity index (χ0n) is 8.28. The van der Waals surface area contributed by atoms with Gasteiger partial charge in [-0.15, -0.1) is 11.3 Å². The van der Waals surface area contributed by atoms with Gasteiger partial charge in [-0.25, -0.2) is 0 Å². The molecule has 0 bridgehead atoms. The average Bonchev–Trinajstić information content (AvgIpc) is 2.75. The highest BCUT2D eigenvalue weighted by Gasteiger charge is 2.23. The van der Waals surface area contributed by atoms with Crippen LogP contribution in [0.1, 0.15) is 11.3 Å². The van der Waals surface area contributed by atoms with Crippen LogP contribution in [-0.2, 0) is 11.2 Å². The Kier molecular flexibility index (Phi) is 3.43. The van der Waals surface area contributed by atoms with Crippen molar-refractivity contribution in [3.05, 3.63) is 20.8 Å². The van der Waals surface area contributed by atoms with Crippen LogP contribution in [0, 0.1) is 0 Å². The quantitative estimate of drug-likeness (QED) is 0.899. The first-order valence-electron chi connectivity index (χ1n) is 4.93. The maximum absolute atomic E-state index is 11.8. The molecule has 2 heterocycles. The van der Waals surface area contributed by atoms with Crippen LogP contribution in [0.3, 0.4) is 0 Å². The van der Waals surface area contributed by atoms with Gasteiger partial charge in [0.15, 0.2) is 0 Å². The van der Waals surface area contributed by atoms with E-state index in [2.05, 4.69) is 15.9 Å². The van der Waals surface area contributed by atoms with Crippen molar-refractivity contribution in [2.75, 3.05) is 13.1 Å². The van der Waals surface area contributed by atoms with Crippen molar-refractivity contribution in [3.8, 4) is 0 Å². The minimum Gasteiger partial charge on any atom is -0.341 e. The zero-order chi connectivity index (χ0) is 10.8. The zero-order valence-corrected chi connectivity index (χ0v) is 10.7. The fourth-order valence-electron chi connectivity index (χ4n) is 1.72. The molecule has 3 nitrogen and oxygen atoms in total. The van der Waals surface area contributed by atoms with E-state index in [4.69, 9.17) is 5.73 Å². The Labute approximate surface area is 101 Å². The van der Waals surface area contributed by atoms with E-state index in [1.807, 2.05) is 17.0 Å². The smallest absolute Gasteiger partial charge is 0.227 e. The van der Waals surface area contributed by atoms with Crippen molar-refractivity contribution in [3.63, 3.8) is 0 Å². The molecule has 5 heteroatoms. The lowest BCUT2D eigenvalue weighted by atomic mass is 10.3. The molecule has 1 fully saturated rings. The molecular formula is C10H13BrN2OS. The molecule has 1 atom stereocenters. The van der Waals surface area contributed by atoms with Crippen LogP contribution in [0.2, 0.25) is 0 Å². The molecule has 1 aromatic heterocycles. The fourth-order valence-corrected chi connectivity index (χ4v) is 3.20. The summed E-state index contributed by atoms with van der Waals surface area (Å²) < 4.78 is 1.07. The summed E-state index contributed by atoms with van der Waals surface area (Å²) in [4.78, 5) is 14.8. The third-order valence-electron chi connectivity index (χ3n) is 2.53. The third kappa shape index (κ3) is 2.80. The normalized spacial score (nSPS) is 20.9. The Morgan fingerprint density at radius 2 is 2.47 bits per heavy atom. The van der Waals surface area contributed by atoms with Crippen LogP contribution < -0.4 is 5.73 Å². The maximum Gasteiger partial charge on any atom is 0.227 e. The largest absolute Gasteiger partial charge is 0.341 e. The van der Waals surface area contributed by atoms with E-state index in [0.29, 0.717) is 13.0 Å². The van der Waals surface area contributed by atoms with Crippen molar-refractivity contribution in [1.82, 2.24) is 4.90 Å². The van der Waals surface area contributed by atoms with Gasteiger partial charge in [0.25, 0.3) is 0 Å². The summed E-state index contributed by atoms with van der Waals surface area (Å²) >= 11 is 5.00. The Morgan fingerprint density at radius 1 is 1.67 bits per heavy atom. The summed E-state index contributed by atoms with van der Waals surface area (Å²) in [5, 5.41) is 0. The number of carbonyl (C=O) groups is 1. The van der Waals surface area contributed by atoms with Crippen molar-refractivity contribution >= 4 is 33.2 Å². The highest BCUT2D eigenvalue weighted by molar-refractivity contribution is 9.11. The lowest BCUT2D eigenvalue weighted by Crippen LogP contribution is -2.32. The SMILES string of the molecule is N[C@H]1CCN(C(=O)Cc2ccc(Br)s2)C1. The van der Waals surface area contributed by atoms with Crippen molar-refractivity contribution < 1.29 is 4.79 Å². The number of hydrogen-bond donors (Lipinski definition) is 1. The summed E-state index contributed by atoms with van der Waals surface area (Å²) in [7, 11) is 0. The molecule has 82 valence electrons. The Morgan fingerprint density at radius 3 is 3.00 bits per heavy atom. The Balaban J connectivity index is 1.92. The van der Waals surface area contributed by atoms with Gasteiger partial charge in [0.2, 0.25) is 5.91 Å². The molecule has 2 N–H and O–H groups in total. The van der Waals surface area contributed by atoms with Gasteiger partial charge >= 0.3 is 0 Å². The molecule has 1 amide bonds. The predicted octanol–water partition coefficient (Wildman–Crippen LogP) is 1.61. The molecule has 1 saturated heterocycles. The summed E-state index contributed by atoms with van der Waals surface area (Å²) in [5.41, 5.74) is 5.76. The molecule has 0 aromatic carbocycles. The van der Waals surface area contributed by atoms with E-state index in [9.17, 15) is 4.79 Å². The van der Waals surface area contributed by atoms with Gasteiger partial charge in [0.05, 0.1) is 10.2 Å². The first kappa shape index (κ1) is 11.1. The number of hydrogen-bond acceptors (Lipinski definition) is 3. The summed E-state index contributed by atoms with van der Waals surface area (Å²) in [6, 6.07) is 4.13. The number of halogens is 1. The van der Waals surface area contributed by atoms with Crippen LogP contribution in [0.4, 0.5) is 0 Å². The first-order chi connectivity index (χ1) is 7.15. The van der Waals surface area contributed by atoms with Gasteiger partial charge in [0, 0.05) is 24.0 Å². The molecule has 0 radical (unpaired) electrons.